The van der Waals surface area contributed by atoms with E-state index in [1.54, 1.807) is 0 Å². The summed E-state index contributed by atoms with van der Waals surface area (Å²) in [6.07, 6.45) is -0.670. The number of rotatable bonds is 7. The van der Waals surface area contributed by atoms with Gasteiger partial charge in [0.05, 0.1) is 8.07 Å². The minimum absolute atomic E-state index is 0.260. The van der Waals surface area contributed by atoms with E-state index in [1.807, 2.05) is 18.2 Å². The molecule has 0 aliphatic rings. The van der Waals surface area contributed by atoms with E-state index >= 15 is 0 Å². The molecule has 0 unspecified atom stereocenters. The predicted molar refractivity (Wildman–Crippen MR) is 82.3 cm³/mol. The summed E-state index contributed by atoms with van der Waals surface area (Å²) in [7, 11) is -1.44. The molecule has 0 radical (unpaired) electrons. The van der Waals surface area contributed by atoms with Gasteiger partial charge in [-0.15, -0.1) is 0 Å². The van der Waals surface area contributed by atoms with E-state index in [2.05, 4.69) is 37.0 Å². The fraction of sp³-hybridized carbons (Fsp3) is 0.500. The maximum Gasteiger partial charge on any atom is 0.389 e. The molecule has 0 saturated carbocycles. The van der Waals surface area contributed by atoms with Crippen molar-refractivity contribution < 1.29 is 13.2 Å². The number of benzene rings is 1. The first kappa shape index (κ1) is 17.0. The topological polar surface area (TPSA) is 0 Å². The zero-order chi connectivity index (χ0) is 15.1. The van der Waals surface area contributed by atoms with Crippen LogP contribution >= 0.6 is 0 Å². The monoisotopic (exact) mass is 300 g/mol. The summed E-state index contributed by atoms with van der Waals surface area (Å²) in [5.41, 5.74) is 3.47. The molecule has 4 heteroatoms. The maximum atomic E-state index is 12.0. The third kappa shape index (κ3) is 8.20. The van der Waals surface area contributed by atoms with Gasteiger partial charge in [-0.25, -0.2) is 0 Å². The molecular formula is C16H23F3Si. The van der Waals surface area contributed by atoms with Crippen molar-refractivity contribution in [3.63, 3.8) is 0 Å². The summed E-state index contributed by atoms with van der Waals surface area (Å²) >= 11 is 0. The molecule has 0 saturated heterocycles. The molecule has 1 aromatic carbocycles. The van der Waals surface area contributed by atoms with Crippen molar-refractivity contribution in [3.05, 3.63) is 41.6 Å². The van der Waals surface area contributed by atoms with Crippen LogP contribution < -0.4 is 0 Å². The van der Waals surface area contributed by atoms with Crippen molar-refractivity contribution in [3.8, 4) is 0 Å². The van der Waals surface area contributed by atoms with Crippen molar-refractivity contribution in [2.24, 2.45) is 0 Å². The van der Waals surface area contributed by atoms with Crippen molar-refractivity contribution in [1.82, 2.24) is 0 Å². The van der Waals surface area contributed by atoms with E-state index < -0.39 is 20.7 Å². The predicted octanol–water partition coefficient (Wildman–Crippen LogP) is 6.07. The number of halogens is 3. The van der Waals surface area contributed by atoms with Gasteiger partial charge in [0.25, 0.3) is 0 Å². The zero-order valence-electron chi connectivity index (χ0n) is 12.2. The Morgan fingerprint density at radius 1 is 1.00 bits per heavy atom. The number of hydrogen-bond donors (Lipinski definition) is 0. The summed E-state index contributed by atoms with van der Waals surface area (Å²) in [5, 5.41) is 0. The van der Waals surface area contributed by atoms with E-state index in [0.717, 1.165) is 12.5 Å². The molecule has 0 aliphatic carbocycles. The third-order valence-corrected chi connectivity index (χ3v) is 6.02. The van der Waals surface area contributed by atoms with E-state index in [-0.39, 0.29) is 6.42 Å². The van der Waals surface area contributed by atoms with Crippen molar-refractivity contribution in [1.29, 1.82) is 0 Å². The minimum atomic E-state index is -4.00. The quantitative estimate of drug-likeness (QED) is 0.423. The van der Waals surface area contributed by atoms with Crippen LogP contribution in [0.4, 0.5) is 13.2 Å². The lowest BCUT2D eigenvalue weighted by atomic mass is 10.2. The SMILES string of the molecule is C[Si](C)(C=Cc1ccccc1)CCCCCC(F)(F)F. The van der Waals surface area contributed by atoms with Gasteiger partial charge in [-0.3, -0.25) is 0 Å². The first-order chi connectivity index (χ1) is 9.29. The molecule has 0 nitrogen and oxygen atoms in total. The third-order valence-electron chi connectivity index (χ3n) is 3.31. The Bertz CT molecular complexity index is 407. The normalized spacial score (nSPS) is 13.1. The Kier molecular flexibility index (Phi) is 6.53. The number of hydrogen-bond acceptors (Lipinski definition) is 0. The average molecular weight is 300 g/mol. The van der Waals surface area contributed by atoms with Crippen LogP contribution in [0.5, 0.6) is 0 Å². The summed E-state index contributed by atoms with van der Waals surface area (Å²) in [6, 6.07) is 11.2. The van der Waals surface area contributed by atoms with Crippen LogP contribution in [0, 0.1) is 0 Å². The Hall–Kier alpha value is -1.03. The summed E-state index contributed by atoms with van der Waals surface area (Å²) in [5.74, 6) is 0. The molecule has 0 atom stereocenters. The highest BCUT2D eigenvalue weighted by atomic mass is 28.3. The van der Waals surface area contributed by atoms with Crippen molar-refractivity contribution in [2.45, 2.75) is 51.0 Å². The lowest BCUT2D eigenvalue weighted by molar-refractivity contribution is -0.135. The highest BCUT2D eigenvalue weighted by Crippen LogP contribution is 2.24. The van der Waals surface area contributed by atoms with E-state index in [4.69, 9.17) is 0 Å². The fourth-order valence-electron chi connectivity index (χ4n) is 2.05. The Balaban J connectivity index is 2.29. The van der Waals surface area contributed by atoms with E-state index in [1.165, 1.54) is 5.56 Å². The number of alkyl halides is 3. The van der Waals surface area contributed by atoms with Gasteiger partial charge in [-0.05, 0) is 12.0 Å². The van der Waals surface area contributed by atoms with Gasteiger partial charge in [0, 0.05) is 6.42 Å². The second kappa shape index (κ2) is 7.67. The van der Waals surface area contributed by atoms with Crippen LogP contribution in [0.25, 0.3) is 6.08 Å². The molecule has 0 bridgehead atoms. The summed E-state index contributed by atoms with van der Waals surface area (Å²) in [4.78, 5) is 0. The van der Waals surface area contributed by atoms with Crippen LogP contribution in [0.2, 0.25) is 19.1 Å². The van der Waals surface area contributed by atoms with Crippen molar-refractivity contribution >= 4 is 14.1 Å². The summed E-state index contributed by atoms with van der Waals surface area (Å²) in [6.45, 7) is 4.52. The van der Waals surface area contributed by atoms with E-state index in [9.17, 15) is 13.2 Å². The van der Waals surface area contributed by atoms with Gasteiger partial charge in [0.15, 0.2) is 0 Å². The molecule has 1 aromatic rings. The van der Waals surface area contributed by atoms with Gasteiger partial charge in [0.2, 0.25) is 0 Å². The van der Waals surface area contributed by atoms with E-state index in [0.29, 0.717) is 6.42 Å². The maximum absolute atomic E-state index is 12.0. The van der Waals surface area contributed by atoms with Gasteiger partial charge < -0.3 is 0 Å². The molecule has 112 valence electrons. The molecule has 0 aliphatic heterocycles. The zero-order valence-corrected chi connectivity index (χ0v) is 13.2. The molecule has 0 N–H and O–H groups in total. The molecule has 0 heterocycles. The molecule has 0 fully saturated rings. The Morgan fingerprint density at radius 3 is 2.25 bits per heavy atom. The second-order valence-corrected chi connectivity index (χ2v) is 10.7. The minimum Gasteiger partial charge on any atom is -0.171 e. The first-order valence-electron chi connectivity index (χ1n) is 7.10. The lowest BCUT2D eigenvalue weighted by Gasteiger charge is -2.17. The molecule has 0 spiro atoms. The molecular weight excluding hydrogens is 277 g/mol. The Morgan fingerprint density at radius 2 is 1.65 bits per heavy atom. The highest BCUT2D eigenvalue weighted by molar-refractivity contribution is 6.82. The van der Waals surface area contributed by atoms with Crippen LogP contribution in [0.15, 0.2) is 36.0 Å². The van der Waals surface area contributed by atoms with Crippen LogP contribution in [-0.2, 0) is 0 Å². The van der Waals surface area contributed by atoms with Gasteiger partial charge >= 0.3 is 6.18 Å². The second-order valence-electron chi connectivity index (χ2n) is 5.91. The van der Waals surface area contributed by atoms with Gasteiger partial charge in [0.1, 0.15) is 0 Å². The van der Waals surface area contributed by atoms with Gasteiger partial charge in [-0.1, -0.05) is 74.1 Å². The smallest absolute Gasteiger partial charge is 0.171 e. The van der Waals surface area contributed by atoms with Crippen molar-refractivity contribution in [2.75, 3.05) is 0 Å². The molecule has 1 rings (SSSR count). The fourth-order valence-corrected chi connectivity index (χ4v) is 4.02. The molecule has 0 aromatic heterocycles. The first-order valence-corrected chi connectivity index (χ1v) is 10.4. The van der Waals surface area contributed by atoms with Crippen LogP contribution in [0.1, 0.15) is 31.2 Å². The van der Waals surface area contributed by atoms with Gasteiger partial charge in [-0.2, -0.15) is 13.2 Å². The summed E-state index contributed by atoms with van der Waals surface area (Å²) < 4.78 is 36.1. The average Bonchev–Trinajstić information content (AvgIpc) is 2.36. The molecule has 20 heavy (non-hydrogen) atoms. The highest BCUT2D eigenvalue weighted by Gasteiger charge is 2.26. The Labute approximate surface area is 120 Å². The van der Waals surface area contributed by atoms with Crippen LogP contribution in [0.3, 0.4) is 0 Å². The molecule has 0 amide bonds. The van der Waals surface area contributed by atoms with Crippen LogP contribution in [-0.4, -0.2) is 14.3 Å². The largest absolute Gasteiger partial charge is 0.389 e. The number of unbranched alkanes of at least 4 members (excludes halogenated alkanes) is 2. The lowest BCUT2D eigenvalue weighted by Crippen LogP contribution is -2.21. The standard InChI is InChI=1S/C16H23F3Si/c1-20(2,13-8-4-7-12-16(17,18)19)14-11-15-9-5-3-6-10-15/h3,5-6,9-11,14H,4,7-8,12-13H2,1-2H3.